The first-order valence-corrected chi connectivity index (χ1v) is 11.8. The van der Waals surface area contributed by atoms with Gasteiger partial charge < -0.3 is 10.4 Å². The van der Waals surface area contributed by atoms with E-state index in [0.29, 0.717) is 28.3 Å². The van der Waals surface area contributed by atoms with Gasteiger partial charge in [-0.25, -0.2) is 4.79 Å². The topological polar surface area (TPSA) is 130 Å². The van der Waals surface area contributed by atoms with Crippen LogP contribution in [0.15, 0.2) is 21.8 Å². The predicted octanol–water partition coefficient (Wildman–Crippen LogP) is 1.03. The maximum atomic E-state index is 12.7. The van der Waals surface area contributed by atoms with E-state index in [1.54, 1.807) is 18.7 Å². The number of carboxylic acid groups (broad SMARTS) is 1. The Morgan fingerprint density at radius 2 is 2.13 bits per heavy atom. The number of aliphatic carboxylic acids is 1. The van der Waals surface area contributed by atoms with E-state index in [1.165, 1.54) is 46.0 Å². The Bertz CT molecular complexity index is 1080. The van der Waals surface area contributed by atoms with Crippen molar-refractivity contribution in [2.24, 2.45) is 7.05 Å². The third-order valence-electron chi connectivity index (χ3n) is 4.89. The quantitative estimate of drug-likeness (QED) is 0.473. The fraction of sp³-hybridized carbons (Fsp3) is 0.412. The minimum absolute atomic E-state index is 0.000504. The largest absolute Gasteiger partial charge is 0.477 e. The van der Waals surface area contributed by atoms with E-state index in [4.69, 9.17) is 0 Å². The summed E-state index contributed by atoms with van der Waals surface area (Å²) in [5.41, 5.74) is 1.73. The Labute approximate surface area is 184 Å². The average Bonchev–Trinajstić information content (AvgIpc) is 3.28. The number of carbonyl (C=O) groups excluding carboxylic acids is 2. The second-order valence-corrected chi connectivity index (χ2v) is 10.3. The molecule has 0 radical (unpaired) electrons. The molecule has 1 fully saturated rings. The Morgan fingerprint density at radius 1 is 1.37 bits per heavy atom. The predicted molar refractivity (Wildman–Crippen MR) is 112 cm³/mol. The molecular weight excluding hydrogens is 448 g/mol. The summed E-state index contributed by atoms with van der Waals surface area (Å²) >= 11 is 4.29. The molecule has 1 saturated heterocycles. The van der Waals surface area contributed by atoms with Gasteiger partial charge in [-0.1, -0.05) is 23.1 Å². The summed E-state index contributed by atoms with van der Waals surface area (Å²) in [6.07, 6.45) is 1.45. The van der Waals surface area contributed by atoms with Crippen LogP contribution in [-0.4, -0.2) is 70.7 Å². The summed E-state index contributed by atoms with van der Waals surface area (Å²) < 4.78 is 2.33. The van der Waals surface area contributed by atoms with Crippen LogP contribution in [0.2, 0.25) is 0 Å². The Kier molecular flexibility index (Phi) is 5.59. The number of carboxylic acids is 1. The third-order valence-corrected chi connectivity index (χ3v) is 8.29. The average molecular weight is 467 g/mol. The van der Waals surface area contributed by atoms with Crippen LogP contribution in [0.25, 0.3) is 0 Å². The molecule has 0 aliphatic carbocycles. The van der Waals surface area contributed by atoms with Gasteiger partial charge >= 0.3 is 5.97 Å². The fourth-order valence-electron chi connectivity index (χ4n) is 3.22. The number of thioether (sulfide) groups is 2. The van der Waals surface area contributed by atoms with Crippen LogP contribution in [0.5, 0.6) is 0 Å². The molecular formula is C17H18N6O4S3. The van der Waals surface area contributed by atoms with Gasteiger partial charge in [0.2, 0.25) is 0 Å². The Balaban J connectivity index is 1.49. The standard InChI is InChI=1S/C17H18N6O4S3/c1-7-10(4-18-22(7)3)13(24)19-11-14(25)23-12(16(26)27)9(5-28-15(11)23)6-29-17-21-20-8(2)30-17/h4,11,15H,5-6H2,1-3H3,(H,19,24)(H,26,27). The van der Waals surface area contributed by atoms with Crippen LogP contribution < -0.4 is 5.32 Å². The van der Waals surface area contributed by atoms with Crippen molar-refractivity contribution in [3.8, 4) is 0 Å². The number of amides is 2. The first-order valence-electron chi connectivity index (χ1n) is 8.90. The SMILES string of the molecule is Cc1nnc(SCC2=C(C(=O)O)N3C(=O)C(NC(=O)c4cnn(C)c4C)C3SC2)s1. The Hall–Kier alpha value is -2.38. The molecule has 2 atom stereocenters. The van der Waals surface area contributed by atoms with Crippen LogP contribution in [0.3, 0.4) is 0 Å². The number of carbonyl (C=O) groups is 3. The molecule has 13 heteroatoms. The second kappa shape index (κ2) is 8.04. The van der Waals surface area contributed by atoms with Crippen molar-refractivity contribution in [2.45, 2.75) is 29.6 Å². The molecule has 2 aromatic rings. The number of hydrogen-bond donors (Lipinski definition) is 2. The number of fused-ring (bicyclic) bond motifs is 1. The van der Waals surface area contributed by atoms with Crippen molar-refractivity contribution in [1.29, 1.82) is 0 Å². The lowest BCUT2D eigenvalue weighted by Gasteiger charge is -2.49. The molecule has 2 aromatic heterocycles. The van der Waals surface area contributed by atoms with Gasteiger partial charge in [0, 0.05) is 24.2 Å². The number of rotatable bonds is 6. The zero-order valence-electron chi connectivity index (χ0n) is 16.3. The lowest BCUT2D eigenvalue weighted by Crippen LogP contribution is -2.70. The summed E-state index contributed by atoms with van der Waals surface area (Å²) in [5, 5.41) is 24.9. The number of nitrogens with one attached hydrogen (secondary N) is 1. The molecule has 0 spiro atoms. The van der Waals surface area contributed by atoms with E-state index < -0.39 is 29.2 Å². The zero-order chi connectivity index (χ0) is 21.6. The molecule has 2 aliphatic rings. The Morgan fingerprint density at radius 3 is 2.73 bits per heavy atom. The number of β-lactam (4-membered cyclic amide) rings is 1. The van der Waals surface area contributed by atoms with Crippen LogP contribution in [0, 0.1) is 13.8 Å². The van der Waals surface area contributed by atoms with Gasteiger partial charge in [-0.3, -0.25) is 19.2 Å². The van der Waals surface area contributed by atoms with E-state index >= 15 is 0 Å². The van der Waals surface area contributed by atoms with Crippen molar-refractivity contribution >= 4 is 52.6 Å². The lowest BCUT2D eigenvalue weighted by molar-refractivity contribution is -0.148. The minimum Gasteiger partial charge on any atom is -0.477 e. The highest BCUT2D eigenvalue weighted by Gasteiger charge is 2.54. The minimum atomic E-state index is -1.15. The van der Waals surface area contributed by atoms with E-state index in [-0.39, 0.29) is 5.70 Å². The molecule has 4 rings (SSSR count). The molecule has 2 amide bonds. The normalized spacial score (nSPS) is 20.8. The summed E-state index contributed by atoms with van der Waals surface area (Å²) in [6.45, 7) is 3.62. The van der Waals surface area contributed by atoms with Crippen LogP contribution >= 0.6 is 34.9 Å². The molecule has 2 unspecified atom stereocenters. The van der Waals surface area contributed by atoms with Gasteiger partial charge in [0.1, 0.15) is 22.1 Å². The summed E-state index contributed by atoms with van der Waals surface area (Å²) in [4.78, 5) is 38.5. The first kappa shape index (κ1) is 20.9. The van der Waals surface area contributed by atoms with Crippen molar-refractivity contribution in [3.63, 3.8) is 0 Å². The summed E-state index contributed by atoms with van der Waals surface area (Å²) in [6, 6.07) is -0.767. The van der Waals surface area contributed by atoms with Gasteiger partial charge in [0.25, 0.3) is 11.8 Å². The van der Waals surface area contributed by atoms with Crippen LogP contribution in [-0.2, 0) is 16.6 Å². The molecule has 4 heterocycles. The molecule has 2 N–H and O–H groups in total. The maximum absolute atomic E-state index is 12.7. The summed E-state index contributed by atoms with van der Waals surface area (Å²) in [7, 11) is 1.73. The highest BCUT2D eigenvalue weighted by Crippen LogP contribution is 2.41. The molecule has 0 aromatic carbocycles. The van der Waals surface area contributed by atoms with E-state index in [0.717, 1.165) is 9.35 Å². The van der Waals surface area contributed by atoms with Crippen molar-refractivity contribution in [1.82, 2.24) is 30.2 Å². The molecule has 10 nitrogen and oxygen atoms in total. The molecule has 158 valence electrons. The molecule has 0 saturated carbocycles. The van der Waals surface area contributed by atoms with E-state index in [2.05, 4.69) is 20.6 Å². The van der Waals surface area contributed by atoms with Gasteiger partial charge in [0.15, 0.2) is 4.34 Å². The first-order chi connectivity index (χ1) is 14.3. The van der Waals surface area contributed by atoms with Crippen molar-refractivity contribution in [3.05, 3.63) is 33.7 Å². The zero-order valence-corrected chi connectivity index (χ0v) is 18.7. The highest BCUT2D eigenvalue weighted by molar-refractivity contribution is 8.01. The highest BCUT2D eigenvalue weighted by atomic mass is 32.2. The van der Waals surface area contributed by atoms with E-state index in [9.17, 15) is 19.5 Å². The lowest BCUT2D eigenvalue weighted by atomic mass is 10.0. The molecule has 30 heavy (non-hydrogen) atoms. The number of nitrogens with zero attached hydrogens (tertiary/aromatic N) is 5. The van der Waals surface area contributed by atoms with Crippen molar-refractivity contribution < 1.29 is 19.5 Å². The third kappa shape index (κ3) is 3.61. The fourth-order valence-corrected chi connectivity index (χ4v) is 6.52. The second-order valence-electron chi connectivity index (χ2n) is 6.76. The van der Waals surface area contributed by atoms with Crippen LogP contribution in [0.4, 0.5) is 0 Å². The van der Waals surface area contributed by atoms with Gasteiger partial charge in [-0.05, 0) is 19.4 Å². The van der Waals surface area contributed by atoms with Gasteiger partial charge in [0.05, 0.1) is 11.8 Å². The van der Waals surface area contributed by atoms with E-state index in [1.807, 2.05) is 6.92 Å². The van der Waals surface area contributed by atoms with Crippen molar-refractivity contribution in [2.75, 3.05) is 11.5 Å². The summed E-state index contributed by atoms with van der Waals surface area (Å²) in [5.74, 6) is -1.10. The maximum Gasteiger partial charge on any atom is 0.352 e. The van der Waals surface area contributed by atoms with Gasteiger partial charge in [-0.15, -0.1) is 22.0 Å². The number of aromatic nitrogens is 4. The smallest absolute Gasteiger partial charge is 0.352 e. The molecule has 2 aliphatic heterocycles. The van der Waals surface area contributed by atoms with Gasteiger partial charge in [-0.2, -0.15) is 5.10 Å². The number of aryl methyl sites for hydroxylation is 2. The monoisotopic (exact) mass is 466 g/mol. The number of hydrogen-bond acceptors (Lipinski definition) is 9. The molecule has 0 bridgehead atoms. The van der Waals surface area contributed by atoms with Crippen LogP contribution in [0.1, 0.15) is 21.1 Å².